The molecule has 110 valence electrons. The van der Waals surface area contributed by atoms with Gasteiger partial charge in [0.15, 0.2) is 12.4 Å². The molecule has 2 aromatic rings. The van der Waals surface area contributed by atoms with Gasteiger partial charge in [-0.2, -0.15) is 17.9 Å². The van der Waals surface area contributed by atoms with Crippen molar-refractivity contribution >= 4 is 23.2 Å². The largest absolute Gasteiger partial charge is 0.619 e. The minimum atomic E-state index is -4.51. The van der Waals surface area contributed by atoms with Crippen molar-refractivity contribution in [3.8, 4) is 0 Å². The fourth-order valence-corrected chi connectivity index (χ4v) is 1.79. The van der Waals surface area contributed by atoms with Crippen LogP contribution in [-0.2, 0) is 6.18 Å². The highest BCUT2D eigenvalue weighted by molar-refractivity contribution is 6.34. The van der Waals surface area contributed by atoms with Crippen molar-refractivity contribution in [2.24, 2.45) is 0 Å². The van der Waals surface area contributed by atoms with Gasteiger partial charge in [0, 0.05) is 11.8 Å². The van der Waals surface area contributed by atoms with Crippen LogP contribution in [0.1, 0.15) is 15.9 Å². The highest BCUT2D eigenvalue weighted by Crippen LogP contribution is 2.30. The summed E-state index contributed by atoms with van der Waals surface area (Å²) in [7, 11) is 0. The zero-order valence-corrected chi connectivity index (χ0v) is 11.1. The van der Waals surface area contributed by atoms with Crippen LogP contribution in [0.4, 0.5) is 18.9 Å². The van der Waals surface area contributed by atoms with E-state index >= 15 is 0 Å². The zero-order chi connectivity index (χ0) is 15.6. The lowest BCUT2D eigenvalue weighted by Gasteiger charge is -2.10. The number of alkyl halides is 3. The number of nitrogens with one attached hydrogen (secondary N) is 1. The van der Waals surface area contributed by atoms with Crippen LogP contribution in [0.25, 0.3) is 0 Å². The molecule has 2 rings (SSSR count). The van der Waals surface area contributed by atoms with E-state index in [4.69, 9.17) is 11.6 Å². The molecule has 0 aliphatic rings. The second-order valence-corrected chi connectivity index (χ2v) is 4.51. The highest BCUT2D eigenvalue weighted by Gasteiger charge is 2.30. The molecule has 0 radical (unpaired) electrons. The topological polar surface area (TPSA) is 56.0 Å². The third kappa shape index (κ3) is 3.63. The van der Waals surface area contributed by atoms with E-state index in [9.17, 15) is 23.2 Å². The molecule has 1 heterocycles. The van der Waals surface area contributed by atoms with Gasteiger partial charge in [0.25, 0.3) is 5.91 Å². The molecule has 0 aliphatic carbocycles. The van der Waals surface area contributed by atoms with E-state index in [2.05, 4.69) is 5.32 Å². The Kier molecular flexibility index (Phi) is 4.04. The number of hydrogen-bond acceptors (Lipinski definition) is 2. The maximum Gasteiger partial charge on any atom is 0.416 e. The molecule has 8 heteroatoms. The zero-order valence-electron chi connectivity index (χ0n) is 10.3. The van der Waals surface area contributed by atoms with E-state index in [0.717, 1.165) is 24.5 Å². The molecule has 1 aromatic carbocycles. The van der Waals surface area contributed by atoms with Crippen LogP contribution in [0.3, 0.4) is 0 Å². The fourth-order valence-electron chi connectivity index (χ4n) is 1.60. The molecule has 0 bridgehead atoms. The maximum absolute atomic E-state index is 12.6. The lowest BCUT2D eigenvalue weighted by molar-refractivity contribution is -0.605. The number of aromatic nitrogens is 1. The van der Waals surface area contributed by atoms with Crippen molar-refractivity contribution in [1.82, 2.24) is 0 Å². The number of benzene rings is 1. The number of rotatable bonds is 2. The number of nitrogens with zero attached hydrogens (tertiary/aromatic N) is 1. The Labute approximate surface area is 122 Å². The van der Waals surface area contributed by atoms with Crippen LogP contribution in [0.2, 0.25) is 5.02 Å². The third-order valence-electron chi connectivity index (χ3n) is 2.57. The molecule has 1 N–H and O–H groups in total. The Balaban J connectivity index is 2.26. The first-order valence-corrected chi connectivity index (χ1v) is 6.02. The minimum absolute atomic E-state index is 0.0200. The van der Waals surface area contributed by atoms with Crippen molar-refractivity contribution in [2.75, 3.05) is 5.32 Å². The summed E-state index contributed by atoms with van der Waals surface area (Å²) in [6.07, 6.45) is -2.47. The molecule has 0 aliphatic heterocycles. The minimum Gasteiger partial charge on any atom is -0.619 e. The molecule has 0 saturated heterocycles. The number of carbonyl (C=O) groups is 1. The summed E-state index contributed by atoms with van der Waals surface area (Å²) in [5.41, 5.74) is -1.07. The Bertz CT molecular complexity index is 689. The quantitative estimate of drug-likeness (QED) is 0.683. The fraction of sp³-hybridized carbons (Fsp3) is 0.0769. The first-order chi connectivity index (χ1) is 9.77. The first kappa shape index (κ1) is 15.1. The molecule has 21 heavy (non-hydrogen) atoms. The predicted molar refractivity (Wildman–Crippen MR) is 69.8 cm³/mol. The Morgan fingerprint density at radius 3 is 2.67 bits per heavy atom. The lowest BCUT2D eigenvalue weighted by atomic mass is 10.2. The van der Waals surface area contributed by atoms with Crippen molar-refractivity contribution in [3.05, 3.63) is 64.1 Å². The number of carbonyl (C=O) groups excluding carboxylic acids is 1. The molecule has 4 nitrogen and oxygen atoms in total. The molecule has 0 atom stereocenters. The van der Waals surface area contributed by atoms with Gasteiger partial charge in [0.05, 0.1) is 10.6 Å². The van der Waals surface area contributed by atoms with Gasteiger partial charge in [-0.1, -0.05) is 17.7 Å². The standard InChI is InChI=1S/C13H8ClF3N2O2/c14-11-4-5-19(21)7-10(11)12(20)18-9-3-1-2-8(6-9)13(15,16)17/h1-7H,(H,18,20). The lowest BCUT2D eigenvalue weighted by Crippen LogP contribution is -2.27. The van der Waals surface area contributed by atoms with Gasteiger partial charge >= 0.3 is 6.18 Å². The first-order valence-electron chi connectivity index (χ1n) is 5.64. The Morgan fingerprint density at radius 2 is 2.00 bits per heavy atom. The average Bonchev–Trinajstić information content (AvgIpc) is 2.41. The van der Waals surface area contributed by atoms with Crippen LogP contribution in [0, 0.1) is 5.21 Å². The molecular weight excluding hydrogens is 309 g/mol. The van der Waals surface area contributed by atoms with Crippen LogP contribution in [0.15, 0.2) is 42.7 Å². The van der Waals surface area contributed by atoms with Crippen LogP contribution >= 0.6 is 11.6 Å². The number of anilines is 1. The van der Waals surface area contributed by atoms with Crippen molar-refractivity contribution < 1.29 is 22.7 Å². The van der Waals surface area contributed by atoms with E-state index in [-0.39, 0.29) is 16.3 Å². The van der Waals surface area contributed by atoms with Crippen LogP contribution < -0.4 is 10.0 Å². The van der Waals surface area contributed by atoms with Crippen LogP contribution in [-0.4, -0.2) is 5.91 Å². The van der Waals surface area contributed by atoms with E-state index < -0.39 is 17.6 Å². The summed E-state index contributed by atoms with van der Waals surface area (Å²) >= 11 is 5.77. The van der Waals surface area contributed by atoms with Crippen molar-refractivity contribution in [1.29, 1.82) is 0 Å². The van der Waals surface area contributed by atoms with Gasteiger partial charge < -0.3 is 10.5 Å². The van der Waals surface area contributed by atoms with Crippen molar-refractivity contribution in [2.45, 2.75) is 6.18 Å². The number of pyridine rings is 1. The molecule has 0 fully saturated rings. The van der Waals surface area contributed by atoms with Gasteiger partial charge in [-0.25, -0.2) is 0 Å². The molecule has 0 unspecified atom stereocenters. The monoisotopic (exact) mass is 316 g/mol. The molecular formula is C13H8ClF3N2O2. The molecule has 1 amide bonds. The summed E-state index contributed by atoms with van der Waals surface area (Å²) in [4.78, 5) is 11.9. The highest BCUT2D eigenvalue weighted by atomic mass is 35.5. The Morgan fingerprint density at radius 1 is 1.29 bits per heavy atom. The van der Waals surface area contributed by atoms with E-state index in [1.165, 1.54) is 18.2 Å². The summed E-state index contributed by atoms with van der Waals surface area (Å²) in [5, 5.41) is 13.4. The van der Waals surface area contributed by atoms with Gasteiger partial charge in [0.1, 0.15) is 5.56 Å². The van der Waals surface area contributed by atoms with Gasteiger partial charge in [-0.05, 0) is 18.2 Å². The SMILES string of the molecule is O=C(Nc1cccc(C(F)(F)F)c1)c1c[n+]([O-])ccc1Cl. The summed E-state index contributed by atoms with van der Waals surface area (Å²) in [5.74, 6) is -0.774. The van der Waals surface area contributed by atoms with Gasteiger partial charge in [0.2, 0.25) is 0 Å². The van der Waals surface area contributed by atoms with Crippen molar-refractivity contribution in [3.63, 3.8) is 0 Å². The number of halogens is 4. The second-order valence-electron chi connectivity index (χ2n) is 4.10. The summed E-state index contributed by atoms with van der Waals surface area (Å²) in [6.45, 7) is 0. The summed E-state index contributed by atoms with van der Waals surface area (Å²) < 4.78 is 38.1. The Hall–Kier alpha value is -2.28. The van der Waals surface area contributed by atoms with Crippen LogP contribution in [0.5, 0.6) is 0 Å². The third-order valence-corrected chi connectivity index (χ3v) is 2.90. The molecule has 1 aromatic heterocycles. The average molecular weight is 317 g/mol. The van der Waals surface area contributed by atoms with Gasteiger partial charge in [-0.3, -0.25) is 4.79 Å². The normalized spacial score (nSPS) is 11.2. The molecule has 0 spiro atoms. The van der Waals surface area contributed by atoms with E-state index in [1.807, 2.05) is 0 Å². The number of amides is 1. The van der Waals surface area contributed by atoms with Gasteiger partial charge in [-0.15, -0.1) is 0 Å². The number of hydrogen-bond donors (Lipinski definition) is 1. The maximum atomic E-state index is 12.6. The second kappa shape index (κ2) is 5.61. The predicted octanol–water partition coefficient (Wildman–Crippen LogP) is 3.24. The van der Waals surface area contributed by atoms with E-state index in [1.54, 1.807) is 0 Å². The summed E-state index contributed by atoms with van der Waals surface area (Å²) in [6, 6.07) is 5.36. The smallest absolute Gasteiger partial charge is 0.416 e. The molecule has 0 saturated carbocycles. The van der Waals surface area contributed by atoms with E-state index in [0.29, 0.717) is 4.73 Å².